The molecule has 2 unspecified atom stereocenters. The number of guanidine groups is 1. The van der Waals surface area contributed by atoms with Crippen molar-refractivity contribution >= 4 is 40.7 Å². The molecule has 0 bridgehead atoms. The fraction of sp³-hybridized carbons (Fsp3) is 0.500. The van der Waals surface area contributed by atoms with Crippen LogP contribution in [-0.2, 0) is 9.47 Å². The zero-order chi connectivity index (χ0) is 18.9. The number of benzene rings is 2. The van der Waals surface area contributed by atoms with Gasteiger partial charge < -0.3 is 20.1 Å². The van der Waals surface area contributed by atoms with Gasteiger partial charge in [0.1, 0.15) is 0 Å². The number of nitrogens with zero attached hydrogens (tertiary/aromatic N) is 1. The van der Waals surface area contributed by atoms with E-state index in [1.807, 2.05) is 0 Å². The summed E-state index contributed by atoms with van der Waals surface area (Å²) in [4.78, 5) is 4.33. The molecule has 1 aliphatic heterocycles. The van der Waals surface area contributed by atoms with Crippen molar-refractivity contribution in [3.05, 3.63) is 48.0 Å². The lowest BCUT2D eigenvalue weighted by Gasteiger charge is -2.19. The Morgan fingerprint density at radius 2 is 2.07 bits per heavy atom. The molecule has 0 aromatic heterocycles. The molecule has 2 N–H and O–H groups in total. The maximum Gasteiger partial charge on any atom is 0.191 e. The van der Waals surface area contributed by atoms with E-state index in [9.17, 15) is 0 Å². The van der Waals surface area contributed by atoms with Gasteiger partial charge in [-0.25, -0.2) is 0 Å². The lowest BCUT2D eigenvalue weighted by molar-refractivity contribution is 0.0888. The first-order valence-corrected chi connectivity index (χ1v) is 9.87. The number of fused-ring (bicyclic) bond motifs is 1. The average molecular weight is 497 g/mol. The van der Waals surface area contributed by atoms with E-state index in [1.165, 1.54) is 16.3 Å². The van der Waals surface area contributed by atoms with Gasteiger partial charge in [0.25, 0.3) is 0 Å². The van der Waals surface area contributed by atoms with E-state index in [4.69, 9.17) is 9.47 Å². The molecular weight excluding hydrogens is 465 g/mol. The van der Waals surface area contributed by atoms with Crippen LogP contribution in [-0.4, -0.2) is 46.0 Å². The lowest BCUT2D eigenvalue weighted by atomic mass is 10.0. The molecule has 5 nitrogen and oxygen atoms in total. The van der Waals surface area contributed by atoms with Gasteiger partial charge in [-0.05, 0) is 42.2 Å². The molecule has 0 spiro atoms. The first kappa shape index (κ1) is 22.9. The first-order valence-electron chi connectivity index (χ1n) is 9.87. The van der Waals surface area contributed by atoms with Crippen LogP contribution in [0.25, 0.3) is 10.8 Å². The van der Waals surface area contributed by atoms with Gasteiger partial charge in [-0.15, -0.1) is 24.0 Å². The van der Waals surface area contributed by atoms with E-state index >= 15 is 0 Å². The van der Waals surface area contributed by atoms with Crippen LogP contribution < -0.4 is 10.6 Å². The number of ether oxygens (including phenoxy) is 2. The van der Waals surface area contributed by atoms with E-state index in [2.05, 4.69) is 65.0 Å². The summed E-state index contributed by atoms with van der Waals surface area (Å²) >= 11 is 0. The van der Waals surface area contributed by atoms with E-state index < -0.39 is 0 Å². The van der Waals surface area contributed by atoms with Gasteiger partial charge in [-0.2, -0.15) is 0 Å². The van der Waals surface area contributed by atoms with Gasteiger partial charge in [0.15, 0.2) is 5.96 Å². The topological polar surface area (TPSA) is 54.9 Å². The van der Waals surface area contributed by atoms with Gasteiger partial charge in [-0.3, -0.25) is 4.99 Å². The molecule has 0 saturated carbocycles. The first-order chi connectivity index (χ1) is 13.3. The third kappa shape index (κ3) is 6.90. The highest BCUT2D eigenvalue weighted by molar-refractivity contribution is 14.0. The summed E-state index contributed by atoms with van der Waals surface area (Å²) in [7, 11) is 1.80. The summed E-state index contributed by atoms with van der Waals surface area (Å²) in [6, 6.07) is 15.2. The van der Waals surface area contributed by atoms with Gasteiger partial charge >= 0.3 is 0 Å². The zero-order valence-corrected chi connectivity index (χ0v) is 19.1. The fourth-order valence-electron chi connectivity index (χ4n) is 3.31. The summed E-state index contributed by atoms with van der Waals surface area (Å²) in [6.45, 7) is 6.30. The predicted octanol–water partition coefficient (Wildman–Crippen LogP) is 4.13. The number of halogens is 1. The molecular formula is C22H32IN3O2. The average Bonchev–Trinajstić information content (AvgIpc) is 3.22. The third-order valence-electron chi connectivity index (χ3n) is 4.99. The van der Waals surface area contributed by atoms with Crippen LogP contribution in [0.15, 0.2) is 47.5 Å². The molecule has 0 radical (unpaired) electrons. The minimum atomic E-state index is 0. The summed E-state index contributed by atoms with van der Waals surface area (Å²) in [5.41, 5.74) is 1.25. The second-order valence-corrected chi connectivity index (χ2v) is 7.13. The van der Waals surface area contributed by atoms with Crippen LogP contribution in [0.4, 0.5) is 0 Å². The van der Waals surface area contributed by atoms with Crippen molar-refractivity contribution in [2.45, 2.75) is 25.8 Å². The highest BCUT2D eigenvalue weighted by Gasteiger charge is 2.15. The third-order valence-corrected chi connectivity index (χ3v) is 4.99. The van der Waals surface area contributed by atoms with Gasteiger partial charge in [0.2, 0.25) is 0 Å². The second kappa shape index (κ2) is 12.2. The lowest BCUT2D eigenvalue weighted by Crippen LogP contribution is -2.39. The van der Waals surface area contributed by atoms with Crippen molar-refractivity contribution in [2.24, 2.45) is 10.9 Å². The van der Waals surface area contributed by atoms with Crippen LogP contribution in [0.3, 0.4) is 0 Å². The van der Waals surface area contributed by atoms with Crippen molar-refractivity contribution in [3.8, 4) is 0 Å². The Morgan fingerprint density at radius 3 is 2.82 bits per heavy atom. The summed E-state index contributed by atoms with van der Waals surface area (Å²) in [6.07, 6.45) is 2.08. The summed E-state index contributed by atoms with van der Waals surface area (Å²) in [5.74, 6) is 1.40. The molecule has 2 atom stereocenters. The molecule has 6 heteroatoms. The number of aliphatic imine (C=N–C) groups is 1. The Morgan fingerprint density at radius 1 is 1.25 bits per heavy atom. The summed E-state index contributed by atoms with van der Waals surface area (Å²) in [5, 5.41) is 9.36. The Labute approximate surface area is 185 Å². The Kier molecular flexibility index (Phi) is 10.0. The molecule has 2 aromatic rings. The number of hydrogen-bond donors (Lipinski definition) is 2. The molecule has 1 heterocycles. The summed E-state index contributed by atoms with van der Waals surface area (Å²) < 4.78 is 11.1. The van der Waals surface area contributed by atoms with Crippen LogP contribution in [0, 0.1) is 5.92 Å². The molecule has 2 aromatic carbocycles. The van der Waals surface area contributed by atoms with Crippen molar-refractivity contribution in [1.82, 2.24) is 10.6 Å². The monoisotopic (exact) mass is 497 g/mol. The molecule has 28 heavy (non-hydrogen) atoms. The fourth-order valence-corrected chi connectivity index (χ4v) is 3.31. The molecule has 3 rings (SSSR count). The number of rotatable bonds is 8. The molecule has 1 aliphatic rings. The van der Waals surface area contributed by atoms with E-state index in [0.29, 0.717) is 5.92 Å². The Balaban J connectivity index is 0.00000280. The SMILES string of the molecule is CN=C(NCCCOCC1CCOC1)NC(C)c1ccc2ccccc2c1.I. The Hall–Kier alpha value is -1.38. The minimum absolute atomic E-state index is 0. The highest BCUT2D eigenvalue weighted by atomic mass is 127. The van der Waals surface area contributed by atoms with E-state index in [-0.39, 0.29) is 30.0 Å². The van der Waals surface area contributed by atoms with E-state index in [1.54, 1.807) is 7.05 Å². The number of hydrogen-bond acceptors (Lipinski definition) is 3. The maximum absolute atomic E-state index is 5.74. The molecule has 0 aliphatic carbocycles. The van der Waals surface area contributed by atoms with Gasteiger partial charge in [-0.1, -0.05) is 36.4 Å². The predicted molar refractivity (Wildman–Crippen MR) is 127 cm³/mol. The molecule has 154 valence electrons. The molecule has 1 saturated heterocycles. The van der Waals surface area contributed by atoms with Crippen LogP contribution >= 0.6 is 24.0 Å². The van der Waals surface area contributed by atoms with Gasteiger partial charge in [0, 0.05) is 32.7 Å². The normalized spacial score (nSPS) is 17.9. The van der Waals surface area contributed by atoms with E-state index in [0.717, 1.165) is 51.8 Å². The molecule has 1 fully saturated rings. The minimum Gasteiger partial charge on any atom is -0.381 e. The van der Waals surface area contributed by atoms with Crippen LogP contribution in [0.1, 0.15) is 31.4 Å². The van der Waals surface area contributed by atoms with Crippen molar-refractivity contribution in [1.29, 1.82) is 0 Å². The second-order valence-electron chi connectivity index (χ2n) is 7.13. The Bertz CT molecular complexity index is 747. The van der Waals surface area contributed by atoms with Crippen molar-refractivity contribution in [2.75, 3.05) is 40.0 Å². The standard InChI is InChI=1S/C22H31N3O2.HI/c1-17(20-9-8-19-6-3-4-7-21(19)14-20)25-22(23-2)24-11-5-12-26-15-18-10-13-27-16-18;/h3-4,6-9,14,17-18H,5,10-13,15-16H2,1-2H3,(H2,23,24,25);1H. The highest BCUT2D eigenvalue weighted by Crippen LogP contribution is 2.20. The zero-order valence-electron chi connectivity index (χ0n) is 16.8. The molecule has 0 amide bonds. The van der Waals surface area contributed by atoms with Crippen molar-refractivity contribution in [3.63, 3.8) is 0 Å². The van der Waals surface area contributed by atoms with Crippen molar-refractivity contribution < 1.29 is 9.47 Å². The maximum atomic E-state index is 5.74. The number of nitrogens with one attached hydrogen (secondary N) is 2. The quantitative estimate of drug-likeness (QED) is 0.249. The van der Waals surface area contributed by atoms with Gasteiger partial charge in [0.05, 0.1) is 19.3 Å². The van der Waals surface area contributed by atoms with Crippen LogP contribution in [0.5, 0.6) is 0 Å². The van der Waals surface area contributed by atoms with Crippen LogP contribution in [0.2, 0.25) is 0 Å². The smallest absolute Gasteiger partial charge is 0.191 e. The largest absolute Gasteiger partial charge is 0.381 e.